The van der Waals surface area contributed by atoms with Gasteiger partial charge in [-0.25, -0.2) is 9.67 Å². The Kier molecular flexibility index (Phi) is 6.07. The fourth-order valence-corrected chi connectivity index (χ4v) is 4.04. The van der Waals surface area contributed by atoms with Crippen LogP contribution in [-0.2, 0) is 6.54 Å². The Labute approximate surface area is 206 Å². The minimum atomic E-state index is -0.260. The number of halogens is 1. The van der Waals surface area contributed by atoms with Crippen molar-refractivity contribution >= 4 is 17.5 Å². The number of carbonyl (C=O) groups is 1. The summed E-state index contributed by atoms with van der Waals surface area (Å²) in [7, 11) is 0. The zero-order valence-electron chi connectivity index (χ0n) is 19.1. The molecule has 0 aliphatic rings. The maximum absolute atomic E-state index is 13.3. The minimum Gasteiger partial charge on any atom is -0.348 e. The van der Waals surface area contributed by atoms with Crippen molar-refractivity contribution in [1.29, 1.82) is 0 Å². The summed E-state index contributed by atoms with van der Waals surface area (Å²) >= 11 is 6.48. The molecule has 174 valence electrons. The molecule has 5 aromatic rings. The smallest absolute Gasteiger partial charge is 0.253 e. The molecule has 5 rings (SSSR count). The number of hydrogen-bond donors (Lipinski definition) is 1. The third-order valence-corrected chi connectivity index (χ3v) is 5.92. The van der Waals surface area contributed by atoms with E-state index in [1.165, 1.54) is 0 Å². The highest BCUT2D eigenvalue weighted by Crippen LogP contribution is 2.24. The van der Waals surface area contributed by atoms with E-state index in [-0.39, 0.29) is 12.5 Å². The number of aromatic nitrogens is 7. The van der Waals surface area contributed by atoms with Crippen LogP contribution < -0.4 is 5.32 Å². The molecule has 35 heavy (non-hydrogen) atoms. The van der Waals surface area contributed by atoms with Gasteiger partial charge in [-0.05, 0) is 43.7 Å². The van der Waals surface area contributed by atoms with Gasteiger partial charge in [0.15, 0.2) is 0 Å². The molecule has 2 aromatic carbocycles. The number of imidazole rings is 1. The van der Waals surface area contributed by atoms with Crippen LogP contribution in [0, 0.1) is 13.8 Å². The number of nitrogens with one attached hydrogen (secondary N) is 1. The van der Waals surface area contributed by atoms with Crippen LogP contribution in [0.3, 0.4) is 0 Å². The molecule has 3 aromatic heterocycles. The Bertz CT molecular complexity index is 1510. The van der Waals surface area contributed by atoms with Gasteiger partial charge in [-0.3, -0.25) is 14.8 Å². The molecule has 0 spiro atoms. The van der Waals surface area contributed by atoms with Crippen LogP contribution >= 0.6 is 11.6 Å². The lowest BCUT2D eigenvalue weighted by molar-refractivity contribution is 0.0951. The van der Waals surface area contributed by atoms with Crippen LogP contribution in [0.1, 0.15) is 27.2 Å². The summed E-state index contributed by atoms with van der Waals surface area (Å²) in [5, 5.41) is 12.1. The van der Waals surface area contributed by atoms with Crippen molar-refractivity contribution in [3.63, 3.8) is 0 Å². The quantitative estimate of drug-likeness (QED) is 0.389. The average molecular weight is 485 g/mol. The van der Waals surface area contributed by atoms with Crippen molar-refractivity contribution in [2.75, 3.05) is 0 Å². The highest BCUT2D eigenvalue weighted by atomic mass is 35.5. The molecule has 0 fully saturated rings. The molecule has 0 saturated heterocycles. The van der Waals surface area contributed by atoms with Gasteiger partial charge in [0.1, 0.15) is 11.4 Å². The normalized spacial score (nSPS) is 10.9. The highest BCUT2D eigenvalue weighted by Gasteiger charge is 2.18. The molecule has 9 nitrogen and oxygen atoms in total. The van der Waals surface area contributed by atoms with Gasteiger partial charge in [-0.1, -0.05) is 28.9 Å². The third-order valence-electron chi connectivity index (χ3n) is 5.56. The maximum atomic E-state index is 13.3. The number of benzene rings is 2. The summed E-state index contributed by atoms with van der Waals surface area (Å²) in [6.45, 7) is 4.05. The van der Waals surface area contributed by atoms with Crippen LogP contribution in [0.4, 0.5) is 0 Å². The van der Waals surface area contributed by atoms with Crippen LogP contribution in [0.2, 0.25) is 5.02 Å². The SMILES string of the molecule is Cc1ccc(C(=O)NCc2c(Cl)cccc2-n2ccnc2)c(-n2cc(-c3nccnc3C)nn2)c1. The molecule has 0 saturated carbocycles. The number of nitrogens with zero attached hydrogens (tertiary/aromatic N) is 7. The summed E-state index contributed by atoms with van der Waals surface area (Å²) in [6.07, 6.45) is 10.2. The Morgan fingerprint density at radius 2 is 1.91 bits per heavy atom. The van der Waals surface area contributed by atoms with E-state index in [4.69, 9.17) is 11.6 Å². The number of aryl methyl sites for hydroxylation is 2. The van der Waals surface area contributed by atoms with Crippen molar-refractivity contribution in [2.24, 2.45) is 0 Å². The molecule has 0 radical (unpaired) electrons. The molecule has 3 heterocycles. The Morgan fingerprint density at radius 1 is 1.06 bits per heavy atom. The predicted octanol–water partition coefficient (Wildman–Crippen LogP) is 4.11. The minimum absolute atomic E-state index is 0.237. The predicted molar refractivity (Wildman–Crippen MR) is 132 cm³/mol. The molecular formula is C25H21ClN8O. The lowest BCUT2D eigenvalue weighted by Crippen LogP contribution is -2.25. The first-order valence-corrected chi connectivity index (χ1v) is 11.2. The zero-order valence-corrected chi connectivity index (χ0v) is 19.8. The molecule has 1 N–H and O–H groups in total. The fourth-order valence-electron chi connectivity index (χ4n) is 3.80. The van der Waals surface area contributed by atoms with Crippen LogP contribution in [0.5, 0.6) is 0 Å². The topological polar surface area (TPSA) is 103 Å². The molecule has 10 heteroatoms. The van der Waals surface area contributed by atoms with Gasteiger partial charge < -0.3 is 9.88 Å². The second-order valence-electron chi connectivity index (χ2n) is 7.95. The van der Waals surface area contributed by atoms with E-state index in [1.807, 2.05) is 48.9 Å². The molecule has 0 bridgehead atoms. The standard InChI is InChI=1S/C25H21ClN8O/c1-16-6-7-18(23(12-16)34-14-21(31-32-34)24-17(2)28-8-9-29-24)25(35)30-13-19-20(26)4-3-5-22(19)33-11-10-27-15-33/h3-12,14-15H,13H2,1-2H3,(H,30,35). The zero-order chi connectivity index (χ0) is 24.4. The summed E-state index contributed by atoms with van der Waals surface area (Å²) < 4.78 is 3.44. The van der Waals surface area contributed by atoms with Crippen molar-refractivity contribution in [3.8, 4) is 22.8 Å². The van der Waals surface area contributed by atoms with Gasteiger partial charge in [-0.2, -0.15) is 0 Å². The Hall–Kier alpha value is -4.37. The van der Waals surface area contributed by atoms with E-state index in [1.54, 1.807) is 47.9 Å². The van der Waals surface area contributed by atoms with E-state index in [2.05, 4.69) is 30.6 Å². The second-order valence-corrected chi connectivity index (χ2v) is 8.36. The fraction of sp³-hybridized carbons (Fsp3) is 0.120. The van der Waals surface area contributed by atoms with Gasteiger partial charge in [-0.15, -0.1) is 5.10 Å². The maximum Gasteiger partial charge on any atom is 0.253 e. The summed E-state index contributed by atoms with van der Waals surface area (Å²) in [5.74, 6) is -0.260. The van der Waals surface area contributed by atoms with E-state index in [0.717, 1.165) is 22.5 Å². The van der Waals surface area contributed by atoms with Gasteiger partial charge in [0.25, 0.3) is 5.91 Å². The molecule has 0 atom stereocenters. The highest BCUT2D eigenvalue weighted by molar-refractivity contribution is 6.31. The summed E-state index contributed by atoms with van der Waals surface area (Å²) in [6, 6.07) is 11.1. The van der Waals surface area contributed by atoms with Gasteiger partial charge in [0.05, 0.1) is 35.2 Å². The first kappa shape index (κ1) is 22.4. The Balaban J connectivity index is 1.44. The Morgan fingerprint density at radius 3 is 2.71 bits per heavy atom. The van der Waals surface area contributed by atoms with Crippen molar-refractivity contribution < 1.29 is 4.79 Å². The van der Waals surface area contributed by atoms with E-state index in [0.29, 0.717) is 27.7 Å². The first-order valence-electron chi connectivity index (χ1n) is 10.9. The first-order chi connectivity index (χ1) is 17.0. The summed E-state index contributed by atoms with van der Waals surface area (Å²) in [5.41, 5.74) is 5.65. The largest absolute Gasteiger partial charge is 0.348 e. The average Bonchev–Trinajstić information content (AvgIpc) is 3.56. The summed E-state index contributed by atoms with van der Waals surface area (Å²) in [4.78, 5) is 26.0. The lowest BCUT2D eigenvalue weighted by atomic mass is 10.1. The van der Waals surface area contributed by atoms with Crippen LogP contribution in [-0.4, -0.2) is 40.4 Å². The third kappa shape index (κ3) is 4.53. The monoisotopic (exact) mass is 484 g/mol. The van der Waals surface area contributed by atoms with Crippen molar-refractivity contribution in [2.45, 2.75) is 20.4 Å². The van der Waals surface area contributed by atoms with Crippen molar-refractivity contribution in [3.05, 3.63) is 101 Å². The molecule has 0 aliphatic carbocycles. The van der Waals surface area contributed by atoms with Gasteiger partial charge in [0, 0.05) is 41.9 Å². The molecule has 0 aliphatic heterocycles. The number of carbonyl (C=O) groups excluding carboxylic acids is 1. The van der Waals surface area contributed by atoms with Gasteiger partial charge >= 0.3 is 0 Å². The van der Waals surface area contributed by atoms with E-state index < -0.39 is 0 Å². The lowest BCUT2D eigenvalue weighted by Gasteiger charge is -2.14. The van der Waals surface area contributed by atoms with E-state index >= 15 is 0 Å². The molecule has 1 amide bonds. The number of hydrogen-bond acceptors (Lipinski definition) is 6. The number of rotatable bonds is 6. The van der Waals surface area contributed by atoms with Gasteiger partial charge in [0.2, 0.25) is 0 Å². The number of amides is 1. The second kappa shape index (κ2) is 9.47. The van der Waals surface area contributed by atoms with Crippen LogP contribution in [0.25, 0.3) is 22.8 Å². The van der Waals surface area contributed by atoms with E-state index in [9.17, 15) is 4.79 Å². The molecule has 0 unspecified atom stereocenters. The molecular weight excluding hydrogens is 464 g/mol. The van der Waals surface area contributed by atoms with Crippen molar-refractivity contribution in [1.82, 2.24) is 39.8 Å². The van der Waals surface area contributed by atoms with Crippen LogP contribution in [0.15, 0.2) is 73.7 Å².